The molecule has 23 heavy (non-hydrogen) atoms. The van der Waals surface area contributed by atoms with E-state index in [1.165, 1.54) is 6.07 Å². The number of aromatic hydroxyl groups is 1. The molecule has 1 amide bonds. The van der Waals surface area contributed by atoms with Gasteiger partial charge in [-0.3, -0.25) is 4.79 Å². The highest BCUT2D eigenvalue weighted by Gasteiger charge is 2.17. The Hall–Kier alpha value is -2.89. The van der Waals surface area contributed by atoms with Crippen LogP contribution in [-0.4, -0.2) is 44.0 Å². The molecule has 6 nitrogen and oxygen atoms in total. The van der Waals surface area contributed by atoms with Crippen molar-refractivity contribution < 1.29 is 9.90 Å². The molecule has 3 aromatic rings. The first-order chi connectivity index (χ1) is 11.2. The summed E-state index contributed by atoms with van der Waals surface area (Å²) in [5.74, 6) is -0.235. The number of phenols is 1. The molecule has 118 valence electrons. The molecule has 0 aliphatic carbocycles. The van der Waals surface area contributed by atoms with Crippen LogP contribution in [0.3, 0.4) is 0 Å². The second-order valence-corrected chi connectivity index (χ2v) is 5.17. The van der Waals surface area contributed by atoms with Crippen LogP contribution >= 0.6 is 0 Å². The Balaban J connectivity index is 2.01. The number of carbonyl (C=O) groups is 1. The molecule has 0 spiro atoms. The van der Waals surface area contributed by atoms with Crippen LogP contribution in [0.25, 0.3) is 16.7 Å². The number of benzene rings is 2. The lowest BCUT2D eigenvalue weighted by Crippen LogP contribution is -2.30. The lowest BCUT2D eigenvalue weighted by molar-refractivity contribution is 0.0770. The maximum absolute atomic E-state index is 12.4. The lowest BCUT2D eigenvalue weighted by atomic mass is 10.1. The highest BCUT2D eigenvalue weighted by atomic mass is 16.3. The molecular weight excluding hydrogens is 292 g/mol. The highest BCUT2D eigenvalue weighted by Crippen LogP contribution is 2.24. The lowest BCUT2D eigenvalue weighted by Gasteiger charge is -2.19. The van der Waals surface area contributed by atoms with E-state index in [0.717, 1.165) is 11.0 Å². The van der Waals surface area contributed by atoms with Gasteiger partial charge in [-0.1, -0.05) is 17.3 Å². The fourth-order valence-electron chi connectivity index (χ4n) is 2.57. The third-order valence-electron chi connectivity index (χ3n) is 3.86. The summed E-state index contributed by atoms with van der Waals surface area (Å²) < 4.78 is 1.64. The smallest absolute Gasteiger partial charge is 0.257 e. The Morgan fingerprint density at radius 2 is 1.91 bits per heavy atom. The van der Waals surface area contributed by atoms with E-state index in [4.69, 9.17) is 0 Å². The number of para-hydroxylation sites is 1. The Morgan fingerprint density at radius 1 is 1.17 bits per heavy atom. The molecule has 0 radical (unpaired) electrons. The van der Waals surface area contributed by atoms with E-state index in [9.17, 15) is 9.90 Å². The minimum Gasteiger partial charge on any atom is -0.507 e. The molecule has 1 heterocycles. The van der Waals surface area contributed by atoms with Crippen molar-refractivity contribution in [2.45, 2.75) is 13.8 Å². The van der Waals surface area contributed by atoms with Gasteiger partial charge in [-0.2, -0.15) is 0 Å². The van der Waals surface area contributed by atoms with Crippen molar-refractivity contribution in [2.75, 3.05) is 13.1 Å². The molecule has 0 aliphatic rings. The summed E-state index contributed by atoms with van der Waals surface area (Å²) in [5, 5.41) is 18.5. The van der Waals surface area contributed by atoms with Crippen molar-refractivity contribution in [3.05, 3.63) is 48.0 Å². The summed E-state index contributed by atoms with van der Waals surface area (Å²) in [4.78, 5) is 14.0. The molecule has 0 atom stereocenters. The minimum absolute atomic E-state index is 0.0565. The number of phenolic OH excluding ortho intramolecular Hbond substituents is 1. The topological polar surface area (TPSA) is 71.2 Å². The quantitative estimate of drug-likeness (QED) is 0.804. The molecule has 0 saturated heterocycles. The van der Waals surface area contributed by atoms with Crippen molar-refractivity contribution >= 4 is 16.9 Å². The zero-order valence-corrected chi connectivity index (χ0v) is 13.1. The SMILES string of the molecule is CCN(CC)C(=O)c1ccc(-n2nnc3ccccc32)cc1O. The number of hydrogen-bond acceptors (Lipinski definition) is 4. The van der Waals surface area contributed by atoms with Gasteiger partial charge in [-0.15, -0.1) is 5.10 Å². The molecule has 2 aromatic carbocycles. The molecule has 0 bridgehead atoms. The van der Waals surface area contributed by atoms with Gasteiger partial charge < -0.3 is 10.0 Å². The zero-order valence-electron chi connectivity index (χ0n) is 13.1. The van der Waals surface area contributed by atoms with Crippen LogP contribution in [-0.2, 0) is 0 Å². The number of rotatable bonds is 4. The normalized spacial score (nSPS) is 10.9. The molecule has 6 heteroatoms. The molecule has 1 N–H and O–H groups in total. The maximum Gasteiger partial charge on any atom is 0.257 e. The van der Waals surface area contributed by atoms with Crippen LogP contribution in [0, 0.1) is 0 Å². The van der Waals surface area contributed by atoms with Crippen LogP contribution in [0.5, 0.6) is 5.75 Å². The van der Waals surface area contributed by atoms with Crippen LogP contribution in [0.15, 0.2) is 42.5 Å². The van der Waals surface area contributed by atoms with Gasteiger partial charge in [0.15, 0.2) is 0 Å². The molecule has 0 saturated carbocycles. The second-order valence-electron chi connectivity index (χ2n) is 5.17. The first kappa shape index (κ1) is 15.0. The number of hydrogen-bond donors (Lipinski definition) is 1. The molecule has 0 aliphatic heterocycles. The van der Waals surface area contributed by atoms with E-state index < -0.39 is 0 Å². The fraction of sp³-hybridized carbons (Fsp3) is 0.235. The standard InChI is InChI=1S/C17H18N4O2/c1-3-20(4-2)17(23)13-10-9-12(11-16(13)22)21-15-8-6-5-7-14(15)18-19-21/h5-11,22H,3-4H2,1-2H3. The number of fused-ring (bicyclic) bond motifs is 1. The predicted molar refractivity (Wildman–Crippen MR) is 87.8 cm³/mol. The summed E-state index contributed by atoms with van der Waals surface area (Å²) in [5.41, 5.74) is 2.57. The van der Waals surface area contributed by atoms with Gasteiger partial charge in [0.2, 0.25) is 0 Å². The Labute approximate surface area is 134 Å². The predicted octanol–water partition coefficient (Wildman–Crippen LogP) is 2.61. The van der Waals surface area contributed by atoms with Crippen LogP contribution in [0.2, 0.25) is 0 Å². The number of aromatic nitrogens is 3. The summed E-state index contributed by atoms with van der Waals surface area (Å²) in [7, 11) is 0. The number of carbonyl (C=O) groups excluding carboxylic acids is 1. The maximum atomic E-state index is 12.4. The zero-order chi connectivity index (χ0) is 16.4. The van der Waals surface area contributed by atoms with Crippen molar-refractivity contribution in [1.29, 1.82) is 0 Å². The Kier molecular flexibility index (Phi) is 3.97. The average Bonchev–Trinajstić information content (AvgIpc) is 2.99. The van der Waals surface area contributed by atoms with Crippen molar-refractivity contribution in [3.8, 4) is 11.4 Å². The van der Waals surface area contributed by atoms with Gasteiger partial charge in [0.05, 0.1) is 16.8 Å². The number of amides is 1. The summed E-state index contributed by atoms with van der Waals surface area (Å²) in [6.07, 6.45) is 0. The molecule has 1 aromatic heterocycles. The summed E-state index contributed by atoms with van der Waals surface area (Å²) in [6, 6.07) is 12.5. The van der Waals surface area contributed by atoms with Gasteiger partial charge in [0.1, 0.15) is 11.3 Å². The van der Waals surface area contributed by atoms with Crippen molar-refractivity contribution in [2.24, 2.45) is 0 Å². The third kappa shape index (κ3) is 2.63. The fourth-order valence-corrected chi connectivity index (χ4v) is 2.57. The van der Waals surface area contributed by atoms with Crippen LogP contribution < -0.4 is 0 Å². The van der Waals surface area contributed by atoms with Gasteiger partial charge in [-0.05, 0) is 38.1 Å². The van der Waals surface area contributed by atoms with Crippen LogP contribution in [0.4, 0.5) is 0 Å². The molecular formula is C17H18N4O2. The molecule has 0 fully saturated rings. The molecule has 3 rings (SSSR count). The minimum atomic E-state index is -0.178. The van der Waals surface area contributed by atoms with E-state index in [2.05, 4.69) is 10.3 Å². The van der Waals surface area contributed by atoms with E-state index in [-0.39, 0.29) is 11.7 Å². The highest BCUT2D eigenvalue weighted by molar-refractivity contribution is 5.97. The molecule has 0 unspecified atom stereocenters. The largest absolute Gasteiger partial charge is 0.507 e. The van der Waals surface area contributed by atoms with Gasteiger partial charge in [0, 0.05) is 19.2 Å². The van der Waals surface area contributed by atoms with Crippen molar-refractivity contribution in [3.63, 3.8) is 0 Å². The van der Waals surface area contributed by atoms with Gasteiger partial charge >= 0.3 is 0 Å². The Bertz CT molecular complexity index is 853. The summed E-state index contributed by atoms with van der Waals surface area (Å²) in [6.45, 7) is 5.03. The van der Waals surface area contributed by atoms with Crippen molar-refractivity contribution in [1.82, 2.24) is 19.9 Å². The first-order valence-electron chi connectivity index (χ1n) is 7.58. The Morgan fingerprint density at radius 3 is 2.61 bits per heavy atom. The summed E-state index contributed by atoms with van der Waals surface area (Å²) >= 11 is 0. The van der Waals surface area contributed by atoms with Gasteiger partial charge in [0.25, 0.3) is 5.91 Å². The van der Waals surface area contributed by atoms with E-state index >= 15 is 0 Å². The average molecular weight is 310 g/mol. The number of nitrogens with zero attached hydrogens (tertiary/aromatic N) is 4. The monoisotopic (exact) mass is 310 g/mol. The van der Waals surface area contributed by atoms with E-state index in [1.807, 2.05) is 38.1 Å². The van der Waals surface area contributed by atoms with E-state index in [0.29, 0.717) is 24.3 Å². The van der Waals surface area contributed by atoms with Crippen LogP contribution in [0.1, 0.15) is 24.2 Å². The third-order valence-corrected chi connectivity index (χ3v) is 3.86. The first-order valence-corrected chi connectivity index (χ1v) is 7.58. The van der Waals surface area contributed by atoms with Gasteiger partial charge in [-0.25, -0.2) is 4.68 Å². The second kappa shape index (κ2) is 6.08. The van der Waals surface area contributed by atoms with E-state index in [1.54, 1.807) is 21.7 Å².